The number of nitrogens with one attached hydrogen (secondary N) is 1. The number of phenols is 1. The SMILES string of the molecule is CCOC(=O)/C=C(/Nc1ccc(O)c(-c2nc3ccccc3s2)c1)C(=O)OCC. The first-order valence-corrected chi connectivity index (χ1v) is 9.85. The maximum Gasteiger partial charge on any atom is 0.355 e. The van der Waals surface area contributed by atoms with Crippen LogP contribution in [-0.2, 0) is 19.1 Å². The highest BCUT2D eigenvalue weighted by atomic mass is 32.1. The van der Waals surface area contributed by atoms with Crippen molar-refractivity contribution in [3.05, 3.63) is 54.2 Å². The van der Waals surface area contributed by atoms with Crippen LogP contribution in [0.5, 0.6) is 5.75 Å². The normalized spacial score (nSPS) is 11.3. The van der Waals surface area contributed by atoms with Gasteiger partial charge in [-0.2, -0.15) is 0 Å². The lowest BCUT2D eigenvalue weighted by molar-refractivity contribution is -0.140. The summed E-state index contributed by atoms with van der Waals surface area (Å²) in [5.74, 6) is -1.29. The summed E-state index contributed by atoms with van der Waals surface area (Å²) in [5, 5.41) is 13.8. The molecule has 8 heteroatoms. The largest absolute Gasteiger partial charge is 0.507 e. The monoisotopic (exact) mass is 412 g/mol. The van der Waals surface area contributed by atoms with Crippen molar-refractivity contribution < 1.29 is 24.2 Å². The second-order valence-corrected chi connectivity index (χ2v) is 6.90. The third-order valence-corrected chi connectivity index (χ3v) is 4.91. The number of para-hydroxylation sites is 1. The quantitative estimate of drug-likeness (QED) is 0.343. The zero-order valence-corrected chi connectivity index (χ0v) is 16.8. The number of aromatic hydroxyl groups is 1. The van der Waals surface area contributed by atoms with Crippen molar-refractivity contribution in [3.8, 4) is 16.3 Å². The minimum absolute atomic E-state index is 0.0571. The van der Waals surface area contributed by atoms with E-state index in [1.54, 1.807) is 26.0 Å². The van der Waals surface area contributed by atoms with Gasteiger partial charge in [-0.05, 0) is 44.2 Å². The molecule has 0 amide bonds. The Morgan fingerprint density at radius 2 is 1.90 bits per heavy atom. The molecule has 0 radical (unpaired) electrons. The van der Waals surface area contributed by atoms with Crippen LogP contribution >= 0.6 is 11.3 Å². The van der Waals surface area contributed by atoms with Gasteiger partial charge in [0.25, 0.3) is 0 Å². The van der Waals surface area contributed by atoms with E-state index in [0.717, 1.165) is 16.3 Å². The summed E-state index contributed by atoms with van der Waals surface area (Å²) in [6, 6.07) is 12.4. The standard InChI is InChI=1S/C21H20N2O5S/c1-3-27-19(25)12-16(21(26)28-4-2)22-13-9-10-17(24)14(11-13)20-23-15-7-5-6-8-18(15)29-20/h5-12,22,24H,3-4H2,1-2H3/b16-12+. The number of esters is 2. The smallest absolute Gasteiger partial charge is 0.355 e. The molecule has 1 heterocycles. The number of fused-ring (bicyclic) bond motifs is 1. The number of hydrogen-bond donors (Lipinski definition) is 2. The van der Waals surface area contributed by atoms with Gasteiger partial charge in [0.1, 0.15) is 16.5 Å². The number of nitrogens with zero attached hydrogens (tertiary/aromatic N) is 1. The molecule has 150 valence electrons. The van der Waals surface area contributed by atoms with E-state index in [0.29, 0.717) is 16.3 Å². The summed E-state index contributed by atoms with van der Waals surface area (Å²) in [5.41, 5.74) is 1.77. The average Bonchev–Trinajstić information content (AvgIpc) is 3.13. The van der Waals surface area contributed by atoms with E-state index in [9.17, 15) is 14.7 Å². The average molecular weight is 412 g/mol. The van der Waals surface area contributed by atoms with Crippen LogP contribution in [0.3, 0.4) is 0 Å². The molecule has 0 aliphatic heterocycles. The van der Waals surface area contributed by atoms with Crippen LogP contribution in [0.2, 0.25) is 0 Å². The van der Waals surface area contributed by atoms with Crippen LogP contribution in [-0.4, -0.2) is 35.2 Å². The highest BCUT2D eigenvalue weighted by Crippen LogP contribution is 2.37. The lowest BCUT2D eigenvalue weighted by Crippen LogP contribution is -2.17. The summed E-state index contributed by atoms with van der Waals surface area (Å²) < 4.78 is 10.9. The van der Waals surface area contributed by atoms with E-state index in [1.807, 2.05) is 24.3 Å². The first kappa shape index (κ1) is 20.3. The number of carbonyl (C=O) groups excluding carboxylic acids is 2. The number of aromatic nitrogens is 1. The number of phenolic OH excluding ortho intramolecular Hbond substituents is 1. The van der Waals surface area contributed by atoms with E-state index in [2.05, 4.69) is 10.3 Å². The molecule has 7 nitrogen and oxygen atoms in total. The molecule has 1 aromatic heterocycles. The molecule has 0 bridgehead atoms. The highest BCUT2D eigenvalue weighted by molar-refractivity contribution is 7.21. The van der Waals surface area contributed by atoms with Crippen molar-refractivity contribution in [3.63, 3.8) is 0 Å². The van der Waals surface area contributed by atoms with Crippen molar-refractivity contribution in [2.75, 3.05) is 18.5 Å². The molecular formula is C21H20N2O5S. The molecule has 0 aliphatic rings. The number of hydrogen-bond acceptors (Lipinski definition) is 8. The number of carbonyl (C=O) groups is 2. The van der Waals surface area contributed by atoms with Gasteiger partial charge in [-0.25, -0.2) is 14.6 Å². The molecule has 3 rings (SSSR count). The zero-order chi connectivity index (χ0) is 20.8. The lowest BCUT2D eigenvalue weighted by Gasteiger charge is -2.11. The van der Waals surface area contributed by atoms with Gasteiger partial charge in [0, 0.05) is 5.69 Å². The van der Waals surface area contributed by atoms with E-state index >= 15 is 0 Å². The molecule has 0 spiro atoms. The predicted molar refractivity (Wildman–Crippen MR) is 112 cm³/mol. The molecule has 2 N–H and O–H groups in total. The van der Waals surface area contributed by atoms with Gasteiger partial charge in [-0.3, -0.25) is 0 Å². The van der Waals surface area contributed by atoms with Crippen molar-refractivity contribution in [1.29, 1.82) is 0 Å². The Morgan fingerprint density at radius 3 is 2.62 bits per heavy atom. The lowest BCUT2D eigenvalue weighted by atomic mass is 10.1. The Labute approximate surface area is 171 Å². The molecule has 0 fully saturated rings. The first-order valence-electron chi connectivity index (χ1n) is 9.03. The number of rotatable bonds is 7. The Morgan fingerprint density at radius 1 is 1.14 bits per heavy atom. The van der Waals surface area contributed by atoms with Crippen molar-refractivity contribution in [2.24, 2.45) is 0 Å². The molecule has 0 unspecified atom stereocenters. The number of thiazole rings is 1. The topological polar surface area (TPSA) is 97.8 Å². The fourth-order valence-electron chi connectivity index (χ4n) is 2.58. The van der Waals surface area contributed by atoms with Crippen LogP contribution in [0.4, 0.5) is 5.69 Å². The molecule has 29 heavy (non-hydrogen) atoms. The van der Waals surface area contributed by atoms with Gasteiger partial charge < -0.3 is 19.9 Å². The van der Waals surface area contributed by atoms with Crippen LogP contribution in [0, 0.1) is 0 Å². The van der Waals surface area contributed by atoms with Crippen LogP contribution in [0.1, 0.15) is 13.8 Å². The summed E-state index contributed by atoms with van der Waals surface area (Å²) in [7, 11) is 0. The minimum Gasteiger partial charge on any atom is -0.507 e. The fourth-order valence-corrected chi connectivity index (χ4v) is 3.58. The number of ether oxygens (including phenoxy) is 2. The minimum atomic E-state index is -0.685. The third-order valence-electron chi connectivity index (χ3n) is 3.84. The summed E-state index contributed by atoms with van der Waals surface area (Å²) in [4.78, 5) is 28.6. The van der Waals surface area contributed by atoms with Gasteiger partial charge in [0.15, 0.2) is 0 Å². The maximum absolute atomic E-state index is 12.2. The van der Waals surface area contributed by atoms with Crippen LogP contribution < -0.4 is 5.32 Å². The second-order valence-electron chi connectivity index (χ2n) is 5.87. The molecule has 3 aromatic rings. The molecule has 2 aromatic carbocycles. The Bertz CT molecular complexity index is 1040. The van der Waals surface area contributed by atoms with Crippen LogP contribution in [0.25, 0.3) is 20.8 Å². The Balaban J connectivity index is 1.94. The number of anilines is 1. The van der Waals surface area contributed by atoms with Crippen molar-refractivity contribution in [1.82, 2.24) is 4.98 Å². The molecule has 0 saturated carbocycles. The highest BCUT2D eigenvalue weighted by Gasteiger charge is 2.16. The van der Waals surface area contributed by atoms with Crippen molar-refractivity contribution in [2.45, 2.75) is 13.8 Å². The third kappa shape index (κ3) is 4.91. The van der Waals surface area contributed by atoms with Crippen molar-refractivity contribution >= 4 is 39.2 Å². The zero-order valence-electron chi connectivity index (χ0n) is 16.0. The van der Waals surface area contributed by atoms with Gasteiger partial charge in [0.2, 0.25) is 0 Å². The molecular weight excluding hydrogens is 392 g/mol. The summed E-state index contributed by atoms with van der Waals surface area (Å²) >= 11 is 1.44. The molecule has 0 atom stereocenters. The summed E-state index contributed by atoms with van der Waals surface area (Å²) in [6.07, 6.45) is 1.05. The van der Waals surface area contributed by atoms with E-state index < -0.39 is 11.9 Å². The van der Waals surface area contributed by atoms with E-state index in [-0.39, 0.29) is 24.7 Å². The Kier molecular flexibility index (Phi) is 6.46. The number of benzene rings is 2. The second kappa shape index (κ2) is 9.20. The first-order chi connectivity index (χ1) is 14.0. The Hall–Kier alpha value is -3.39. The van der Waals surface area contributed by atoms with Gasteiger partial charge in [-0.15, -0.1) is 11.3 Å². The van der Waals surface area contributed by atoms with Gasteiger partial charge in [0.05, 0.1) is 35.1 Å². The fraction of sp³-hybridized carbons (Fsp3) is 0.190. The van der Waals surface area contributed by atoms with E-state index in [1.165, 1.54) is 17.4 Å². The van der Waals surface area contributed by atoms with Gasteiger partial charge >= 0.3 is 11.9 Å². The maximum atomic E-state index is 12.2. The van der Waals surface area contributed by atoms with Crippen LogP contribution in [0.15, 0.2) is 54.2 Å². The molecule has 0 aliphatic carbocycles. The predicted octanol–water partition coefficient (Wildman–Crippen LogP) is 4.09. The molecule has 0 saturated heterocycles. The summed E-state index contributed by atoms with van der Waals surface area (Å²) in [6.45, 7) is 3.69. The van der Waals surface area contributed by atoms with Gasteiger partial charge in [-0.1, -0.05) is 12.1 Å². The van der Waals surface area contributed by atoms with E-state index in [4.69, 9.17) is 9.47 Å².